The van der Waals surface area contributed by atoms with Crippen molar-refractivity contribution in [1.82, 2.24) is 0 Å². The summed E-state index contributed by atoms with van der Waals surface area (Å²) >= 11 is 5.91. The number of nitrogens with one attached hydrogen (secondary N) is 2. The van der Waals surface area contributed by atoms with Crippen LogP contribution in [0.2, 0.25) is 5.02 Å². The second-order valence-corrected chi connectivity index (χ2v) is 9.40. The van der Waals surface area contributed by atoms with E-state index in [4.69, 9.17) is 21.1 Å². The number of halogens is 1. The van der Waals surface area contributed by atoms with E-state index >= 15 is 0 Å². The summed E-state index contributed by atoms with van der Waals surface area (Å²) < 4.78 is 38.9. The Morgan fingerprint density at radius 2 is 1.79 bits per heavy atom. The first-order valence-electron chi connectivity index (χ1n) is 9.86. The molecule has 0 unspecified atom stereocenters. The number of rotatable bonds is 8. The van der Waals surface area contributed by atoms with Crippen LogP contribution in [0.1, 0.15) is 24.2 Å². The third-order valence-corrected chi connectivity index (χ3v) is 6.01. The fourth-order valence-corrected chi connectivity index (χ4v) is 4.17. The number of aromatic hydroxyl groups is 1. The molecule has 3 rings (SSSR count). The Morgan fingerprint density at radius 3 is 2.45 bits per heavy atom. The minimum atomic E-state index is -4.01. The number of methoxy groups -OCH3 is 1. The number of amides is 1. The zero-order valence-corrected chi connectivity index (χ0v) is 19.7. The van der Waals surface area contributed by atoms with E-state index in [9.17, 15) is 18.3 Å². The molecule has 0 saturated carbocycles. The highest BCUT2D eigenvalue weighted by molar-refractivity contribution is 7.92. The summed E-state index contributed by atoms with van der Waals surface area (Å²) in [7, 11) is -2.55. The Bertz CT molecular complexity index is 1280. The van der Waals surface area contributed by atoms with Crippen LogP contribution in [0.3, 0.4) is 0 Å². The summed E-state index contributed by atoms with van der Waals surface area (Å²) in [6.07, 6.45) is -0.0827. The second kappa shape index (κ2) is 10.0. The molecule has 0 radical (unpaired) electrons. The first kappa shape index (κ1) is 24.2. The lowest BCUT2D eigenvalue weighted by Gasteiger charge is -2.15. The van der Waals surface area contributed by atoms with Crippen molar-refractivity contribution in [3.8, 4) is 17.2 Å². The van der Waals surface area contributed by atoms with Gasteiger partial charge in [0.25, 0.3) is 15.9 Å². The van der Waals surface area contributed by atoms with Crippen molar-refractivity contribution in [3.63, 3.8) is 0 Å². The molecule has 10 heteroatoms. The van der Waals surface area contributed by atoms with Gasteiger partial charge in [0.05, 0.1) is 29.5 Å². The van der Waals surface area contributed by atoms with Gasteiger partial charge in [0.15, 0.2) is 11.5 Å². The maximum absolute atomic E-state index is 12.8. The molecular formula is C23H23ClN2O6S. The van der Waals surface area contributed by atoms with Crippen molar-refractivity contribution < 1.29 is 27.8 Å². The topological polar surface area (TPSA) is 114 Å². The quantitative estimate of drug-likeness (QED) is 0.387. The number of hydrogen-bond donors (Lipinski definition) is 3. The minimum absolute atomic E-state index is 0.0737. The summed E-state index contributed by atoms with van der Waals surface area (Å²) in [4.78, 5) is 12.6. The van der Waals surface area contributed by atoms with Crippen LogP contribution < -0.4 is 19.5 Å². The maximum Gasteiger partial charge on any atom is 0.261 e. The number of ether oxygens (including phenoxy) is 2. The van der Waals surface area contributed by atoms with Crippen molar-refractivity contribution in [2.75, 3.05) is 17.1 Å². The van der Waals surface area contributed by atoms with Crippen molar-refractivity contribution in [1.29, 1.82) is 0 Å². The first-order valence-corrected chi connectivity index (χ1v) is 11.7. The molecule has 0 fully saturated rings. The molecule has 3 aromatic rings. The van der Waals surface area contributed by atoms with E-state index in [1.807, 2.05) is 13.8 Å². The summed E-state index contributed by atoms with van der Waals surface area (Å²) in [6, 6.07) is 14.4. The average Bonchev–Trinajstić information content (AvgIpc) is 2.74. The molecule has 0 aliphatic rings. The van der Waals surface area contributed by atoms with Gasteiger partial charge in [-0.1, -0.05) is 17.7 Å². The highest BCUT2D eigenvalue weighted by atomic mass is 35.5. The molecule has 174 valence electrons. The third-order valence-electron chi connectivity index (χ3n) is 4.39. The highest BCUT2D eigenvalue weighted by Crippen LogP contribution is 2.31. The molecule has 0 spiro atoms. The fourth-order valence-electron chi connectivity index (χ4n) is 2.90. The van der Waals surface area contributed by atoms with Crippen LogP contribution in [0, 0.1) is 0 Å². The van der Waals surface area contributed by atoms with Crippen molar-refractivity contribution in [3.05, 3.63) is 71.2 Å². The molecule has 33 heavy (non-hydrogen) atoms. The normalized spacial score (nSPS) is 11.2. The lowest BCUT2D eigenvalue weighted by atomic mass is 10.1. The maximum atomic E-state index is 12.8. The summed E-state index contributed by atoms with van der Waals surface area (Å²) in [6.45, 7) is 3.73. The fraction of sp³-hybridized carbons (Fsp3) is 0.174. The number of hydrogen-bond acceptors (Lipinski definition) is 6. The number of phenolic OH excluding ortho intramolecular Hbond substituents is 1. The molecular weight excluding hydrogens is 468 g/mol. The van der Waals surface area contributed by atoms with E-state index < -0.39 is 15.9 Å². The number of benzene rings is 3. The smallest absolute Gasteiger partial charge is 0.261 e. The SMILES string of the molecule is COc1cc(C(=O)Nc2cc(S(=O)(=O)Nc3cccc(Cl)c3)ccc2O)ccc1OC(C)C. The predicted molar refractivity (Wildman–Crippen MR) is 127 cm³/mol. The summed E-state index contributed by atoms with van der Waals surface area (Å²) in [5.74, 6) is -0.0245. The van der Waals surface area contributed by atoms with E-state index in [1.54, 1.807) is 24.3 Å². The van der Waals surface area contributed by atoms with Gasteiger partial charge in [0.1, 0.15) is 5.75 Å². The molecule has 3 aromatic carbocycles. The molecule has 8 nitrogen and oxygen atoms in total. The Hall–Kier alpha value is -3.43. The van der Waals surface area contributed by atoms with Gasteiger partial charge in [-0.25, -0.2) is 8.42 Å². The molecule has 1 amide bonds. The third kappa shape index (κ3) is 6.09. The number of carbonyl (C=O) groups excluding carboxylic acids is 1. The van der Waals surface area contributed by atoms with Crippen LogP contribution >= 0.6 is 11.6 Å². The number of phenols is 1. The number of sulfonamides is 1. The zero-order chi connectivity index (χ0) is 24.2. The monoisotopic (exact) mass is 490 g/mol. The molecule has 0 heterocycles. The second-order valence-electron chi connectivity index (χ2n) is 7.28. The van der Waals surface area contributed by atoms with Crippen molar-refractivity contribution in [2.45, 2.75) is 24.8 Å². The van der Waals surface area contributed by atoms with Gasteiger partial charge in [-0.3, -0.25) is 9.52 Å². The molecule has 0 aliphatic heterocycles. The lowest BCUT2D eigenvalue weighted by Crippen LogP contribution is -2.15. The minimum Gasteiger partial charge on any atom is -0.506 e. The molecule has 0 aliphatic carbocycles. The van der Waals surface area contributed by atoms with Crippen LogP contribution in [-0.4, -0.2) is 32.6 Å². The molecule has 3 N–H and O–H groups in total. The molecule has 0 aromatic heterocycles. The number of carbonyl (C=O) groups is 1. The van der Waals surface area contributed by atoms with E-state index in [0.29, 0.717) is 16.5 Å². The standard InChI is InChI=1S/C23H23ClN2O6S/c1-14(2)32-21-10-7-15(11-22(21)31-3)23(28)25-19-13-18(8-9-20(19)27)33(29,30)26-17-6-4-5-16(24)12-17/h4-14,26-27H,1-3H3,(H,25,28). The van der Waals surface area contributed by atoms with Crippen LogP contribution in [0.15, 0.2) is 65.6 Å². The molecule has 0 bridgehead atoms. The highest BCUT2D eigenvalue weighted by Gasteiger charge is 2.19. The zero-order valence-electron chi connectivity index (χ0n) is 18.1. The lowest BCUT2D eigenvalue weighted by molar-refractivity contribution is 0.102. The van der Waals surface area contributed by atoms with Gasteiger partial charge in [-0.2, -0.15) is 0 Å². The van der Waals surface area contributed by atoms with Gasteiger partial charge in [-0.05, 0) is 68.4 Å². The van der Waals surface area contributed by atoms with Crippen LogP contribution in [0.4, 0.5) is 11.4 Å². The van der Waals surface area contributed by atoms with E-state index in [-0.39, 0.29) is 33.7 Å². The first-order chi connectivity index (χ1) is 15.6. The van der Waals surface area contributed by atoms with Crippen molar-refractivity contribution >= 4 is 38.9 Å². The molecule has 0 saturated heterocycles. The van der Waals surface area contributed by atoms with Crippen molar-refractivity contribution in [2.24, 2.45) is 0 Å². The van der Waals surface area contributed by atoms with E-state index in [1.165, 1.54) is 37.4 Å². The van der Waals surface area contributed by atoms with Gasteiger partial charge in [0, 0.05) is 10.6 Å². The van der Waals surface area contributed by atoms with Gasteiger partial charge in [-0.15, -0.1) is 0 Å². The van der Waals surface area contributed by atoms with Crippen LogP contribution in [0.25, 0.3) is 0 Å². The Kier molecular flexibility index (Phi) is 7.35. The van der Waals surface area contributed by atoms with Gasteiger partial charge < -0.3 is 19.9 Å². The summed E-state index contributed by atoms with van der Waals surface area (Å²) in [5.41, 5.74) is 0.431. The van der Waals surface area contributed by atoms with Gasteiger partial charge >= 0.3 is 0 Å². The van der Waals surface area contributed by atoms with Gasteiger partial charge in [0.2, 0.25) is 0 Å². The Labute approximate surface area is 197 Å². The number of anilines is 2. The summed E-state index contributed by atoms with van der Waals surface area (Å²) in [5, 5.41) is 13.1. The van der Waals surface area contributed by atoms with Crippen LogP contribution in [0.5, 0.6) is 17.2 Å². The molecule has 0 atom stereocenters. The Balaban J connectivity index is 1.84. The van der Waals surface area contributed by atoms with E-state index in [0.717, 1.165) is 6.07 Å². The predicted octanol–water partition coefficient (Wildman–Crippen LogP) is 4.89. The largest absolute Gasteiger partial charge is 0.506 e. The van der Waals surface area contributed by atoms with Crippen LogP contribution in [-0.2, 0) is 10.0 Å². The Morgan fingerprint density at radius 1 is 1.03 bits per heavy atom. The average molecular weight is 491 g/mol. The van der Waals surface area contributed by atoms with E-state index in [2.05, 4.69) is 10.0 Å².